The maximum absolute atomic E-state index is 12.9. The van der Waals surface area contributed by atoms with Crippen LogP contribution in [-0.4, -0.2) is 17.6 Å². The first-order valence-electron chi connectivity index (χ1n) is 9.37. The molecule has 0 radical (unpaired) electrons. The summed E-state index contributed by atoms with van der Waals surface area (Å²) >= 11 is 12.1. The lowest BCUT2D eigenvalue weighted by Gasteiger charge is -2.12. The average molecular weight is 453 g/mol. The predicted octanol–water partition coefficient (Wildman–Crippen LogP) is 5.73. The highest BCUT2D eigenvalue weighted by Crippen LogP contribution is 2.32. The number of cyclic esters (lactones) is 1. The van der Waals surface area contributed by atoms with Crippen LogP contribution in [0.15, 0.2) is 63.6 Å². The molecule has 0 saturated heterocycles. The average Bonchev–Trinajstić information content (AvgIpc) is 3.42. The first-order chi connectivity index (χ1) is 14.9. The number of anilines is 1. The summed E-state index contributed by atoms with van der Waals surface area (Å²) in [6.45, 7) is 2.03. The maximum Gasteiger partial charge on any atom is 0.338 e. The van der Waals surface area contributed by atoms with Crippen LogP contribution >= 0.6 is 23.2 Å². The van der Waals surface area contributed by atoms with Crippen molar-refractivity contribution in [3.8, 4) is 11.3 Å². The Hall–Kier alpha value is -3.35. The van der Waals surface area contributed by atoms with Gasteiger partial charge in [0.15, 0.2) is 0 Å². The molecular formula is C23H14Cl2N2O4. The molecule has 8 heteroatoms. The van der Waals surface area contributed by atoms with Crippen LogP contribution in [-0.2, 0) is 16.1 Å². The molecule has 0 bridgehead atoms. The van der Waals surface area contributed by atoms with Gasteiger partial charge in [-0.15, -0.1) is 0 Å². The van der Waals surface area contributed by atoms with Crippen molar-refractivity contribution in [3.05, 3.63) is 81.0 Å². The fraction of sp³-hybridized carbons (Fsp3) is 0.0870. The van der Waals surface area contributed by atoms with Gasteiger partial charge in [0, 0.05) is 21.2 Å². The van der Waals surface area contributed by atoms with Crippen LogP contribution in [0, 0.1) is 0 Å². The van der Waals surface area contributed by atoms with Crippen molar-refractivity contribution in [2.75, 3.05) is 5.01 Å². The summed E-state index contributed by atoms with van der Waals surface area (Å²) in [6, 6.07) is 13.8. The molecule has 1 amide bonds. The number of hydrazone groups is 1. The number of benzene rings is 2. The molecule has 1 aromatic heterocycles. The van der Waals surface area contributed by atoms with Crippen LogP contribution in [0.25, 0.3) is 17.4 Å². The number of hydrogen-bond donors (Lipinski definition) is 0. The summed E-state index contributed by atoms with van der Waals surface area (Å²) < 4.78 is 10.9. The van der Waals surface area contributed by atoms with Crippen LogP contribution < -0.4 is 5.01 Å². The van der Waals surface area contributed by atoms with Crippen molar-refractivity contribution in [1.82, 2.24) is 0 Å². The van der Waals surface area contributed by atoms with E-state index < -0.39 is 0 Å². The number of amides is 1. The van der Waals surface area contributed by atoms with Crippen molar-refractivity contribution in [2.24, 2.45) is 5.10 Å². The number of ether oxygens (including phenoxy) is 1. The van der Waals surface area contributed by atoms with Crippen molar-refractivity contribution >= 4 is 52.6 Å². The van der Waals surface area contributed by atoms with E-state index in [4.69, 9.17) is 32.4 Å². The lowest BCUT2D eigenvalue weighted by Crippen LogP contribution is -2.21. The molecule has 6 nitrogen and oxygen atoms in total. The number of furan rings is 1. The topological polar surface area (TPSA) is 72.1 Å². The SMILES string of the molecule is CC1=NN(c2cc(Cl)cc(Cl)c2)C(=O)/C1=C/c1ccc(-c2ccc3c(c2)C(=O)OC3)o1. The fourth-order valence-corrected chi connectivity index (χ4v) is 4.03. The molecule has 5 rings (SSSR count). The maximum atomic E-state index is 12.9. The van der Waals surface area contributed by atoms with Gasteiger partial charge in [0.1, 0.15) is 18.1 Å². The molecule has 0 unspecified atom stereocenters. The highest BCUT2D eigenvalue weighted by molar-refractivity contribution is 6.36. The molecule has 2 aliphatic rings. The van der Waals surface area contributed by atoms with Crippen molar-refractivity contribution in [3.63, 3.8) is 0 Å². The number of fused-ring (bicyclic) bond motifs is 1. The first kappa shape index (κ1) is 19.6. The molecule has 0 spiro atoms. The minimum atomic E-state index is -0.338. The van der Waals surface area contributed by atoms with E-state index in [1.54, 1.807) is 49.4 Å². The summed E-state index contributed by atoms with van der Waals surface area (Å²) in [5.74, 6) is 0.416. The number of carbonyl (C=O) groups is 2. The monoisotopic (exact) mass is 452 g/mol. The quantitative estimate of drug-likeness (QED) is 0.375. The molecule has 0 fully saturated rings. The number of nitrogens with zero attached hydrogens (tertiary/aromatic N) is 2. The smallest absolute Gasteiger partial charge is 0.338 e. The van der Waals surface area contributed by atoms with Crippen LogP contribution in [0.1, 0.15) is 28.6 Å². The zero-order valence-electron chi connectivity index (χ0n) is 16.2. The highest BCUT2D eigenvalue weighted by Gasteiger charge is 2.29. The predicted molar refractivity (Wildman–Crippen MR) is 118 cm³/mol. The van der Waals surface area contributed by atoms with Gasteiger partial charge in [-0.3, -0.25) is 4.79 Å². The summed E-state index contributed by atoms with van der Waals surface area (Å²) in [5.41, 5.74) is 3.57. The molecule has 2 aliphatic heterocycles. The molecule has 3 aromatic rings. The van der Waals surface area contributed by atoms with E-state index in [0.29, 0.717) is 50.7 Å². The standard InChI is InChI=1S/C23H14Cl2N2O4/c1-12-19(22(28)27(26-12)17-8-15(24)7-16(25)9-17)10-18-4-5-21(31-18)13-2-3-14-11-30-23(29)20(14)6-13/h2-10H,11H2,1H3/b19-10+. The molecule has 0 N–H and O–H groups in total. The second-order valence-electron chi connectivity index (χ2n) is 7.14. The van der Waals surface area contributed by atoms with E-state index in [2.05, 4.69) is 5.10 Å². The fourth-order valence-electron chi connectivity index (χ4n) is 3.52. The van der Waals surface area contributed by atoms with Crippen LogP contribution in [0.5, 0.6) is 0 Å². The number of carbonyl (C=O) groups excluding carboxylic acids is 2. The summed E-state index contributed by atoms with van der Waals surface area (Å²) in [7, 11) is 0. The number of halogens is 2. The molecule has 0 atom stereocenters. The lowest BCUT2D eigenvalue weighted by atomic mass is 10.0. The Morgan fingerprint density at radius 3 is 2.58 bits per heavy atom. The van der Waals surface area contributed by atoms with E-state index in [1.165, 1.54) is 5.01 Å². The van der Waals surface area contributed by atoms with E-state index >= 15 is 0 Å². The number of rotatable bonds is 3. The van der Waals surface area contributed by atoms with Gasteiger partial charge in [-0.05, 0) is 49.4 Å². The molecule has 3 heterocycles. The van der Waals surface area contributed by atoms with Crippen molar-refractivity contribution in [2.45, 2.75) is 13.5 Å². The highest BCUT2D eigenvalue weighted by atomic mass is 35.5. The second-order valence-corrected chi connectivity index (χ2v) is 8.01. The van der Waals surface area contributed by atoms with Crippen molar-refractivity contribution in [1.29, 1.82) is 0 Å². The molecule has 0 saturated carbocycles. The molecule has 31 heavy (non-hydrogen) atoms. The van der Waals surface area contributed by atoms with E-state index in [-0.39, 0.29) is 11.9 Å². The normalized spacial score (nSPS) is 16.7. The van der Waals surface area contributed by atoms with Gasteiger partial charge in [0.05, 0.1) is 22.5 Å². The van der Waals surface area contributed by atoms with E-state index in [9.17, 15) is 9.59 Å². The summed E-state index contributed by atoms with van der Waals surface area (Å²) in [6.07, 6.45) is 1.64. The third kappa shape index (κ3) is 3.54. The Morgan fingerprint density at radius 1 is 1.03 bits per heavy atom. The Bertz CT molecular complexity index is 1300. The zero-order valence-corrected chi connectivity index (χ0v) is 17.7. The summed E-state index contributed by atoms with van der Waals surface area (Å²) in [4.78, 5) is 24.8. The van der Waals surface area contributed by atoms with Crippen LogP contribution in [0.4, 0.5) is 5.69 Å². The minimum absolute atomic E-state index is 0.291. The van der Waals surface area contributed by atoms with Gasteiger partial charge in [0.25, 0.3) is 5.91 Å². The number of hydrogen-bond acceptors (Lipinski definition) is 5. The van der Waals surface area contributed by atoms with Crippen LogP contribution in [0.3, 0.4) is 0 Å². The van der Waals surface area contributed by atoms with Gasteiger partial charge < -0.3 is 9.15 Å². The summed E-state index contributed by atoms with van der Waals surface area (Å²) in [5, 5.41) is 6.42. The Kier molecular flexibility index (Phi) is 4.68. The van der Waals surface area contributed by atoms with Gasteiger partial charge in [-0.2, -0.15) is 10.1 Å². The molecule has 154 valence electrons. The van der Waals surface area contributed by atoms with Crippen molar-refractivity contribution < 1.29 is 18.7 Å². The Morgan fingerprint density at radius 2 is 1.81 bits per heavy atom. The minimum Gasteiger partial charge on any atom is -0.457 e. The Labute approximate surface area is 187 Å². The molecule has 2 aromatic carbocycles. The first-order valence-corrected chi connectivity index (χ1v) is 10.1. The van der Waals surface area contributed by atoms with Gasteiger partial charge in [0.2, 0.25) is 0 Å². The third-order valence-electron chi connectivity index (χ3n) is 5.04. The second kappa shape index (κ2) is 7.41. The van der Waals surface area contributed by atoms with Gasteiger partial charge in [-0.25, -0.2) is 4.79 Å². The largest absolute Gasteiger partial charge is 0.457 e. The zero-order chi connectivity index (χ0) is 21.7. The van der Waals surface area contributed by atoms with Gasteiger partial charge in [-0.1, -0.05) is 35.3 Å². The third-order valence-corrected chi connectivity index (χ3v) is 5.48. The van der Waals surface area contributed by atoms with Crippen LogP contribution in [0.2, 0.25) is 10.0 Å². The van der Waals surface area contributed by atoms with Gasteiger partial charge >= 0.3 is 5.97 Å². The molecular weight excluding hydrogens is 439 g/mol. The lowest BCUT2D eigenvalue weighted by molar-refractivity contribution is -0.114. The van der Waals surface area contributed by atoms with E-state index in [0.717, 1.165) is 11.1 Å². The number of esters is 1. The Balaban J connectivity index is 1.44. The molecule has 0 aliphatic carbocycles. The van der Waals surface area contributed by atoms with E-state index in [1.807, 2.05) is 12.1 Å².